The van der Waals surface area contributed by atoms with Crippen LogP contribution in [-0.4, -0.2) is 27.6 Å². The number of aromatic nitrogens is 2. The summed E-state index contributed by atoms with van der Waals surface area (Å²) in [5, 5.41) is 5.98. The standard InChI is InChI=1S/C27H33N5O3/c1-18-16-29-25(32-23(18)14-11-20-7-5-6-8-21(20)15-24(28)33)31-22-12-9-19(10-13-22)17-30-26(34)35-27(2,3)4/h5-10,12-13,16H,11,14-15,17H2,1-4H3,(H2,28,33)(H,30,34)(H,29,31,32). The number of hydrogen-bond donors (Lipinski definition) is 3. The minimum absolute atomic E-state index is 0.231. The van der Waals surface area contributed by atoms with E-state index < -0.39 is 11.7 Å². The van der Waals surface area contributed by atoms with Crippen molar-refractivity contribution in [2.45, 2.75) is 59.1 Å². The maximum Gasteiger partial charge on any atom is 0.407 e. The van der Waals surface area contributed by atoms with E-state index in [1.54, 1.807) is 6.20 Å². The van der Waals surface area contributed by atoms with Crippen LogP contribution in [0.25, 0.3) is 0 Å². The highest BCUT2D eigenvalue weighted by atomic mass is 16.6. The number of anilines is 2. The van der Waals surface area contributed by atoms with Gasteiger partial charge in [0, 0.05) is 24.1 Å². The van der Waals surface area contributed by atoms with Gasteiger partial charge in [0.2, 0.25) is 11.9 Å². The van der Waals surface area contributed by atoms with Gasteiger partial charge in [0.15, 0.2) is 0 Å². The zero-order valence-electron chi connectivity index (χ0n) is 20.7. The van der Waals surface area contributed by atoms with Gasteiger partial charge in [-0.15, -0.1) is 0 Å². The number of rotatable bonds is 9. The Bertz CT molecular complexity index is 1170. The van der Waals surface area contributed by atoms with Gasteiger partial charge in [-0.1, -0.05) is 36.4 Å². The van der Waals surface area contributed by atoms with Gasteiger partial charge in [-0.2, -0.15) is 0 Å². The van der Waals surface area contributed by atoms with Gasteiger partial charge >= 0.3 is 6.09 Å². The van der Waals surface area contributed by atoms with Crippen LogP contribution in [0.4, 0.5) is 16.4 Å². The van der Waals surface area contributed by atoms with Crippen LogP contribution < -0.4 is 16.4 Å². The van der Waals surface area contributed by atoms with E-state index in [0.717, 1.165) is 40.1 Å². The normalized spacial score (nSPS) is 11.1. The first-order valence-corrected chi connectivity index (χ1v) is 11.6. The Morgan fingerprint density at radius 3 is 2.34 bits per heavy atom. The predicted octanol–water partition coefficient (Wildman–Crippen LogP) is 4.37. The summed E-state index contributed by atoms with van der Waals surface area (Å²) in [6.07, 6.45) is 3.06. The van der Waals surface area contributed by atoms with E-state index in [9.17, 15) is 9.59 Å². The molecule has 2 amide bonds. The summed E-state index contributed by atoms with van der Waals surface area (Å²) in [7, 11) is 0. The first-order chi connectivity index (χ1) is 16.6. The second-order valence-corrected chi connectivity index (χ2v) is 9.41. The van der Waals surface area contributed by atoms with Crippen LogP contribution in [0, 0.1) is 6.92 Å². The predicted molar refractivity (Wildman–Crippen MR) is 136 cm³/mol. The van der Waals surface area contributed by atoms with Gasteiger partial charge in [0.05, 0.1) is 6.42 Å². The van der Waals surface area contributed by atoms with E-state index >= 15 is 0 Å². The third kappa shape index (κ3) is 8.41. The molecule has 3 rings (SSSR count). The number of primary amides is 1. The molecule has 0 radical (unpaired) electrons. The lowest BCUT2D eigenvalue weighted by molar-refractivity contribution is -0.117. The van der Waals surface area contributed by atoms with Crippen LogP contribution in [-0.2, 0) is 35.3 Å². The summed E-state index contributed by atoms with van der Waals surface area (Å²) in [5.41, 5.74) is 10.6. The molecule has 8 nitrogen and oxygen atoms in total. The van der Waals surface area contributed by atoms with Crippen molar-refractivity contribution in [3.63, 3.8) is 0 Å². The number of aryl methyl sites for hydroxylation is 3. The first kappa shape index (κ1) is 25.7. The van der Waals surface area contributed by atoms with Gasteiger partial charge in [-0.05, 0) is 74.9 Å². The zero-order chi connectivity index (χ0) is 25.4. The fourth-order valence-corrected chi connectivity index (χ4v) is 3.53. The van der Waals surface area contributed by atoms with Crippen LogP contribution >= 0.6 is 0 Å². The van der Waals surface area contributed by atoms with E-state index in [1.807, 2.05) is 76.2 Å². The third-order valence-electron chi connectivity index (χ3n) is 5.24. The number of nitrogens with one attached hydrogen (secondary N) is 2. The quantitative estimate of drug-likeness (QED) is 0.423. The van der Waals surface area contributed by atoms with Gasteiger partial charge in [-0.3, -0.25) is 4.79 Å². The fourth-order valence-electron chi connectivity index (χ4n) is 3.53. The molecular weight excluding hydrogens is 442 g/mol. The van der Waals surface area contributed by atoms with Crippen molar-refractivity contribution in [2.75, 3.05) is 5.32 Å². The minimum atomic E-state index is -0.530. The highest BCUT2D eigenvalue weighted by molar-refractivity contribution is 5.77. The highest BCUT2D eigenvalue weighted by Crippen LogP contribution is 2.18. The summed E-state index contributed by atoms with van der Waals surface area (Å²) in [6.45, 7) is 7.84. The molecule has 0 fully saturated rings. The Morgan fingerprint density at radius 2 is 1.69 bits per heavy atom. The smallest absolute Gasteiger partial charge is 0.407 e. The Hall–Kier alpha value is -3.94. The lowest BCUT2D eigenvalue weighted by Gasteiger charge is -2.19. The van der Waals surface area contributed by atoms with Crippen LogP contribution in [0.2, 0.25) is 0 Å². The van der Waals surface area contributed by atoms with Crippen LogP contribution in [0.15, 0.2) is 54.7 Å². The Labute approximate surface area is 206 Å². The van der Waals surface area contributed by atoms with Gasteiger partial charge in [-0.25, -0.2) is 14.8 Å². The molecule has 1 heterocycles. The molecule has 184 valence electrons. The number of hydrogen-bond acceptors (Lipinski definition) is 6. The highest BCUT2D eigenvalue weighted by Gasteiger charge is 2.15. The maximum atomic E-state index is 11.8. The topological polar surface area (TPSA) is 119 Å². The van der Waals surface area contributed by atoms with E-state index in [1.165, 1.54) is 0 Å². The van der Waals surface area contributed by atoms with Gasteiger partial charge in [0.25, 0.3) is 0 Å². The van der Waals surface area contributed by atoms with E-state index in [-0.39, 0.29) is 12.3 Å². The molecule has 0 saturated heterocycles. The summed E-state index contributed by atoms with van der Waals surface area (Å²) >= 11 is 0. The third-order valence-corrected chi connectivity index (χ3v) is 5.24. The number of amides is 2. The van der Waals surface area contributed by atoms with Crippen molar-refractivity contribution in [1.29, 1.82) is 0 Å². The molecule has 1 aromatic heterocycles. The number of nitrogens with two attached hydrogens (primary N) is 1. The molecule has 0 spiro atoms. The summed E-state index contributed by atoms with van der Waals surface area (Å²) in [5.74, 6) is 0.171. The molecule has 0 unspecified atom stereocenters. The first-order valence-electron chi connectivity index (χ1n) is 11.6. The number of benzene rings is 2. The summed E-state index contributed by atoms with van der Waals surface area (Å²) in [6, 6.07) is 15.5. The van der Waals surface area contributed by atoms with Crippen molar-refractivity contribution < 1.29 is 14.3 Å². The SMILES string of the molecule is Cc1cnc(Nc2ccc(CNC(=O)OC(C)(C)C)cc2)nc1CCc1ccccc1CC(N)=O. The Kier molecular flexibility index (Phi) is 8.41. The van der Waals surface area contributed by atoms with Crippen molar-refractivity contribution in [3.05, 3.63) is 82.7 Å². The monoisotopic (exact) mass is 475 g/mol. The summed E-state index contributed by atoms with van der Waals surface area (Å²) in [4.78, 5) is 32.3. The average molecular weight is 476 g/mol. The largest absolute Gasteiger partial charge is 0.444 e. The molecule has 3 aromatic rings. The number of ether oxygens (including phenoxy) is 1. The number of carbonyl (C=O) groups excluding carboxylic acids is 2. The lowest BCUT2D eigenvalue weighted by atomic mass is 9.98. The van der Waals surface area contributed by atoms with Crippen LogP contribution in [0.3, 0.4) is 0 Å². The second kappa shape index (κ2) is 11.5. The van der Waals surface area contributed by atoms with Crippen LogP contribution in [0.5, 0.6) is 0 Å². The van der Waals surface area contributed by atoms with Crippen LogP contribution in [0.1, 0.15) is 48.7 Å². The van der Waals surface area contributed by atoms with Crippen molar-refractivity contribution in [1.82, 2.24) is 15.3 Å². The molecule has 0 aliphatic heterocycles. The van der Waals surface area contributed by atoms with Crippen molar-refractivity contribution in [2.24, 2.45) is 5.73 Å². The molecular formula is C27H33N5O3. The Morgan fingerprint density at radius 1 is 1.00 bits per heavy atom. The lowest BCUT2D eigenvalue weighted by Crippen LogP contribution is -2.32. The molecule has 0 saturated carbocycles. The molecule has 35 heavy (non-hydrogen) atoms. The van der Waals surface area contributed by atoms with Gasteiger partial charge < -0.3 is 21.1 Å². The number of carbonyl (C=O) groups is 2. The molecule has 0 bridgehead atoms. The average Bonchev–Trinajstić information content (AvgIpc) is 2.78. The van der Waals surface area contributed by atoms with E-state index in [4.69, 9.17) is 15.5 Å². The van der Waals surface area contributed by atoms with E-state index in [0.29, 0.717) is 18.9 Å². The molecule has 2 aromatic carbocycles. The van der Waals surface area contributed by atoms with Crippen molar-refractivity contribution in [3.8, 4) is 0 Å². The van der Waals surface area contributed by atoms with Crippen molar-refractivity contribution >= 4 is 23.6 Å². The zero-order valence-corrected chi connectivity index (χ0v) is 20.7. The molecule has 4 N–H and O–H groups in total. The fraction of sp³-hybridized carbons (Fsp3) is 0.333. The summed E-state index contributed by atoms with van der Waals surface area (Å²) < 4.78 is 5.25. The molecule has 8 heteroatoms. The molecule has 0 aliphatic rings. The minimum Gasteiger partial charge on any atom is -0.444 e. The maximum absolute atomic E-state index is 11.8. The second-order valence-electron chi connectivity index (χ2n) is 9.41. The number of alkyl carbamates (subject to hydrolysis) is 1. The molecule has 0 atom stereocenters. The number of nitrogens with zero attached hydrogens (tertiary/aromatic N) is 2. The van der Waals surface area contributed by atoms with Gasteiger partial charge in [0.1, 0.15) is 5.60 Å². The molecule has 0 aliphatic carbocycles. The van der Waals surface area contributed by atoms with E-state index in [2.05, 4.69) is 15.6 Å². The Balaban J connectivity index is 1.60.